The second kappa shape index (κ2) is 14.7. The molecule has 1 aromatic carbocycles. The minimum absolute atomic E-state index is 0. The zero-order valence-electron chi connectivity index (χ0n) is 29.7. The molecule has 1 spiro atoms. The van der Waals surface area contributed by atoms with E-state index in [0.717, 1.165) is 38.4 Å². The van der Waals surface area contributed by atoms with E-state index in [4.69, 9.17) is 20.1 Å². The zero-order chi connectivity index (χ0) is 35.9. The summed E-state index contributed by atoms with van der Waals surface area (Å²) in [6.45, 7) is 14.4. The van der Waals surface area contributed by atoms with Crippen molar-refractivity contribution in [3.8, 4) is 17.1 Å². The molecule has 2 aliphatic carbocycles. The minimum Gasteiger partial charge on any atom is -0.489 e. The quantitative estimate of drug-likeness (QED) is 0.341. The van der Waals surface area contributed by atoms with Crippen molar-refractivity contribution in [1.82, 2.24) is 15.1 Å². The highest BCUT2D eigenvalue weighted by molar-refractivity contribution is 7.91. The van der Waals surface area contributed by atoms with Gasteiger partial charge in [-0.1, -0.05) is 30.7 Å². The number of fused-ring (bicyclic) bond motifs is 3. The molecule has 4 heterocycles. The average Bonchev–Trinajstić information content (AvgIpc) is 3.94. The molecule has 0 bridgehead atoms. The fourth-order valence-corrected chi connectivity index (χ4v) is 7.67. The summed E-state index contributed by atoms with van der Waals surface area (Å²) < 4.78 is 53.2. The SMILES string of the molecule is CC.CC(C)(C)O.CC(C)Oc1ccc(CN2C(=O)[C@@H](N)CS(=O)(=O)c3cc(F)c(-c4noc(N5CCC6=CC6C6(CC6)C5)n4)cc32)nc1.O.[HH]. The number of aliphatic hydroxyl groups is 1. The molecule has 1 saturated heterocycles. The number of benzene rings is 1. The molecule has 2 atom stereocenters. The summed E-state index contributed by atoms with van der Waals surface area (Å²) in [5.74, 6) is -1.03. The molecule has 4 aliphatic rings. The lowest BCUT2D eigenvalue weighted by Crippen LogP contribution is -2.45. The van der Waals surface area contributed by atoms with Crippen LogP contribution in [0, 0.1) is 17.2 Å². The van der Waals surface area contributed by atoms with Crippen molar-refractivity contribution in [3.63, 3.8) is 0 Å². The Labute approximate surface area is 294 Å². The first kappa shape index (κ1) is 38.9. The summed E-state index contributed by atoms with van der Waals surface area (Å²) in [5, 5.41) is 12.6. The number of aromatic nitrogens is 3. The van der Waals surface area contributed by atoms with E-state index < -0.39 is 39.0 Å². The van der Waals surface area contributed by atoms with E-state index in [1.165, 1.54) is 22.7 Å². The molecule has 1 unspecified atom stereocenters. The third-order valence-electron chi connectivity index (χ3n) is 8.47. The smallest absolute Gasteiger partial charge is 0.324 e. The van der Waals surface area contributed by atoms with Gasteiger partial charge in [0.25, 0.3) is 0 Å². The molecule has 1 saturated carbocycles. The van der Waals surface area contributed by atoms with Gasteiger partial charge in [-0.2, -0.15) is 4.98 Å². The van der Waals surface area contributed by atoms with Gasteiger partial charge < -0.3 is 35.4 Å². The van der Waals surface area contributed by atoms with E-state index in [9.17, 15) is 13.2 Å². The van der Waals surface area contributed by atoms with Crippen LogP contribution < -0.4 is 20.3 Å². The van der Waals surface area contributed by atoms with E-state index in [2.05, 4.69) is 26.1 Å². The summed E-state index contributed by atoms with van der Waals surface area (Å²) in [6.07, 6.45) is 7.06. The average molecular weight is 719 g/mol. The Morgan fingerprint density at radius 1 is 1.22 bits per heavy atom. The van der Waals surface area contributed by atoms with Gasteiger partial charge in [0.1, 0.15) is 11.6 Å². The van der Waals surface area contributed by atoms with Crippen molar-refractivity contribution in [2.24, 2.45) is 17.1 Å². The third-order valence-corrected chi connectivity index (χ3v) is 10.3. The summed E-state index contributed by atoms with van der Waals surface area (Å²) in [4.78, 5) is 25.3. The topological polar surface area (TPSA) is 196 Å². The van der Waals surface area contributed by atoms with E-state index in [-0.39, 0.29) is 46.9 Å². The van der Waals surface area contributed by atoms with E-state index >= 15 is 4.39 Å². The van der Waals surface area contributed by atoms with Crippen LogP contribution >= 0.6 is 0 Å². The van der Waals surface area contributed by atoms with Gasteiger partial charge in [0, 0.05) is 20.4 Å². The molecule has 2 aliphatic heterocycles. The molecular formula is C35H51FN6O7S. The van der Waals surface area contributed by atoms with Crippen LogP contribution in [0.15, 0.2) is 51.5 Å². The molecule has 276 valence electrons. The first-order chi connectivity index (χ1) is 23.0. The van der Waals surface area contributed by atoms with Crippen LogP contribution in [0.1, 0.15) is 74.8 Å². The second-order valence-corrected chi connectivity index (χ2v) is 16.1. The zero-order valence-corrected chi connectivity index (χ0v) is 30.6. The lowest BCUT2D eigenvalue weighted by atomic mass is 9.97. The highest BCUT2D eigenvalue weighted by Crippen LogP contribution is 2.62. The molecule has 3 aromatic rings. The van der Waals surface area contributed by atoms with Crippen LogP contribution in [0.2, 0.25) is 0 Å². The van der Waals surface area contributed by atoms with Crippen molar-refractivity contribution in [3.05, 3.63) is 53.6 Å². The van der Waals surface area contributed by atoms with Crippen molar-refractivity contribution >= 4 is 27.4 Å². The lowest BCUT2D eigenvalue weighted by Gasteiger charge is -2.24. The number of carbonyl (C=O) groups excluding carboxylic acids is 1. The van der Waals surface area contributed by atoms with Gasteiger partial charge in [0.05, 0.1) is 58.1 Å². The second-order valence-electron chi connectivity index (χ2n) is 14.1. The van der Waals surface area contributed by atoms with Gasteiger partial charge in [-0.25, -0.2) is 12.8 Å². The minimum atomic E-state index is -4.10. The maximum atomic E-state index is 15.6. The highest BCUT2D eigenvalue weighted by Gasteiger charge is 2.56. The van der Waals surface area contributed by atoms with Gasteiger partial charge in [0.15, 0.2) is 9.84 Å². The Morgan fingerprint density at radius 3 is 2.50 bits per heavy atom. The Kier molecular flexibility index (Phi) is 11.5. The largest absolute Gasteiger partial charge is 0.489 e. The molecular weight excluding hydrogens is 667 g/mol. The lowest BCUT2D eigenvalue weighted by molar-refractivity contribution is -0.119. The molecule has 15 heteroatoms. The van der Waals surface area contributed by atoms with Crippen molar-refractivity contribution in [1.29, 1.82) is 0 Å². The molecule has 2 fully saturated rings. The number of nitrogens with two attached hydrogens (primary N) is 1. The molecule has 0 radical (unpaired) electrons. The first-order valence-corrected chi connectivity index (χ1v) is 18.4. The number of hydrogen-bond donors (Lipinski definition) is 2. The van der Waals surface area contributed by atoms with Gasteiger partial charge in [-0.3, -0.25) is 9.78 Å². The van der Waals surface area contributed by atoms with Crippen molar-refractivity contribution in [2.75, 3.05) is 28.6 Å². The summed E-state index contributed by atoms with van der Waals surface area (Å²) in [6, 6.07) is 4.55. The van der Waals surface area contributed by atoms with Crippen molar-refractivity contribution < 1.29 is 38.9 Å². The Bertz CT molecular complexity index is 1820. The predicted molar refractivity (Wildman–Crippen MR) is 190 cm³/mol. The molecule has 1 amide bonds. The Hall–Kier alpha value is -3.92. The van der Waals surface area contributed by atoms with Crippen molar-refractivity contribution in [2.45, 2.75) is 96.9 Å². The summed E-state index contributed by atoms with van der Waals surface area (Å²) >= 11 is 0. The maximum Gasteiger partial charge on any atom is 0.324 e. The van der Waals surface area contributed by atoms with Crippen LogP contribution in [0.5, 0.6) is 5.75 Å². The van der Waals surface area contributed by atoms with E-state index in [1.807, 2.05) is 27.7 Å². The van der Waals surface area contributed by atoms with Crippen LogP contribution in [-0.4, -0.2) is 76.6 Å². The number of allylic oxidation sites excluding steroid dienone is 1. The molecule has 50 heavy (non-hydrogen) atoms. The number of pyridine rings is 1. The Morgan fingerprint density at radius 2 is 1.90 bits per heavy atom. The first-order valence-electron chi connectivity index (χ1n) is 16.8. The van der Waals surface area contributed by atoms with E-state index in [0.29, 0.717) is 23.4 Å². The molecule has 13 nitrogen and oxygen atoms in total. The third kappa shape index (κ3) is 8.68. The Balaban J connectivity index is 0.000000721. The predicted octanol–water partition coefficient (Wildman–Crippen LogP) is 4.48. The van der Waals surface area contributed by atoms with Gasteiger partial charge in [-0.05, 0) is 83.6 Å². The number of rotatable bonds is 6. The van der Waals surface area contributed by atoms with Gasteiger partial charge >= 0.3 is 6.01 Å². The number of carbonyl (C=O) groups is 1. The summed E-state index contributed by atoms with van der Waals surface area (Å²) in [5.41, 5.74) is 7.61. The van der Waals surface area contributed by atoms with Crippen LogP contribution in [0.25, 0.3) is 11.4 Å². The number of sulfone groups is 1. The van der Waals surface area contributed by atoms with E-state index in [1.54, 1.807) is 32.9 Å². The standard InChI is InChI=1S/C29H31FN6O5S.C4H10O.C2H6.H2O.H2/c1-16(2)40-19-4-3-18(32-12-19)13-36-24-10-20(22(30)11-25(24)42(38,39)14-23(31)27(36)37)26-33-28(41-34-26)35-8-5-17-9-21(17)29(15-35)6-7-29;1-4(2,3)5;1-2;;/h3-4,9-12,16,21,23H,5-8,13-15,31H2,1-2H3;5H,1-3H3;1-2H3;1H2;1H/t21?,23-;;;;/m0..../s1. The monoisotopic (exact) mass is 718 g/mol. The van der Waals surface area contributed by atoms with Gasteiger partial charge in [0.2, 0.25) is 11.7 Å². The summed E-state index contributed by atoms with van der Waals surface area (Å²) in [7, 11) is -4.10. The highest BCUT2D eigenvalue weighted by atomic mass is 32.2. The molecule has 5 N–H and O–H groups in total. The van der Waals surface area contributed by atoms with Crippen LogP contribution in [-0.2, 0) is 21.2 Å². The fraction of sp³-hybridized carbons (Fsp3) is 0.543. The number of ether oxygens (including phenoxy) is 1. The number of nitrogens with zero attached hydrogens (tertiary/aromatic N) is 5. The number of amides is 1. The normalized spacial score (nSPS) is 21.2. The van der Waals surface area contributed by atoms with Crippen LogP contribution in [0.4, 0.5) is 16.1 Å². The fourth-order valence-electron chi connectivity index (χ4n) is 6.11. The molecule has 2 aromatic heterocycles. The molecule has 7 rings (SSSR count). The van der Waals surface area contributed by atoms with Crippen LogP contribution in [0.3, 0.4) is 0 Å². The number of hydrogen-bond acceptors (Lipinski definition) is 11. The maximum absolute atomic E-state index is 15.6. The van der Waals surface area contributed by atoms with Gasteiger partial charge in [-0.15, -0.1) is 0 Å². The number of anilines is 2. The number of halogens is 1.